The van der Waals surface area contributed by atoms with Crippen molar-refractivity contribution in [1.29, 1.82) is 0 Å². The van der Waals surface area contributed by atoms with Crippen LogP contribution in [0.1, 0.15) is 30.5 Å². The summed E-state index contributed by atoms with van der Waals surface area (Å²) in [4.78, 5) is 14.0. The molecule has 2 aliphatic rings. The third-order valence-electron chi connectivity index (χ3n) is 4.27. The molecule has 0 aromatic heterocycles. The van der Waals surface area contributed by atoms with Gasteiger partial charge >= 0.3 is 0 Å². The smallest absolute Gasteiger partial charge is 0.223 e. The third-order valence-corrected chi connectivity index (χ3v) is 4.27. The zero-order chi connectivity index (χ0) is 13.6. The Morgan fingerprint density at radius 2 is 2.05 bits per heavy atom. The number of methoxy groups -OCH3 is 2. The summed E-state index contributed by atoms with van der Waals surface area (Å²) in [5.74, 6) is 2.27. The number of nitrogens with zero attached hydrogens (tertiary/aromatic N) is 1. The molecule has 0 N–H and O–H groups in total. The van der Waals surface area contributed by atoms with E-state index in [1.54, 1.807) is 14.2 Å². The Balaban J connectivity index is 2.14. The molecule has 0 unspecified atom stereocenters. The fourth-order valence-corrected chi connectivity index (χ4v) is 3.40. The van der Waals surface area contributed by atoms with Crippen LogP contribution in [0.25, 0.3) is 0 Å². The minimum Gasteiger partial charge on any atom is -0.497 e. The van der Waals surface area contributed by atoms with E-state index in [4.69, 9.17) is 9.47 Å². The standard InChI is InChI=1S/C15H19NO3/c1-9-6-13(17)16-5-4-10-7-11(18-2)8-12(19-3)14(10)15(9)16/h7-9,15H,4-6H2,1-3H3/t9-,15+/m1/s1. The minimum absolute atomic E-state index is 0.164. The van der Waals surface area contributed by atoms with Gasteiger partial charge in [0.2, 0.25) is 5.91 Å². The first-order chi connectivity index (χ1) is 9.15. The van der Waals surface area contributed by atoms with Crippen molar-refractivity contribution < 1.29 is 14.3 Å². The maximum Gasteiger partial charge on any atom is 0.223 e. The summed E-state index contributed by atoms with van der Waals surface area (Å²) in [7, 11) is 3.34. The lowest BCUT2D eigenvalue weighted by atomic mass is 9.87. The highest BCUT2D eigenvalue weighted by Crippen LogP contribution is 2.47. The average molecular weight is 261 g/mol. The molecule has 2 aliphatic heterocycles. The summed E-state index contributed by atoms with van der Waals surface area (Å²) in [5, 5.41) is 0. The number of hydrogen-bond acceptors (Lipinski definition) is 3. The molecule has 0 aliphatic carbocycles. The molecular formula is C15H19NO3. The summed E-state index contributed by atoms with van der Waals surface area (Å²) in [6, 6.07) is 4.15. The van der Waals surface area contributed by atoms with Crippen molar-refractivity contribution in [2.45, 2.75) is 25.8 Å². The van der Waals surface area contributed by atoms with Crippen molar-refractivity contribution in [2.75, 3.05) is 20.8 Å². The van der Waals surface area contributed by atoms with E-state index in [0.29, 0.717) is 12.3 Å². The van der Waals surface area contributed by atoms with E-state index < -0.39 is 0 Å². The average Bonchev–Trinajstić information content (AvgIpc) is 2.72. The van der Waals surface area contributed by atoms with E-state index in [0.717, 1.165) is 24.5 Å². The normalized spacial score (nSPS) is 25.0. The molecule has 0 saturated carbocycles. The highest BCUT2D eigenvalue weighted by Gasteiger charge is 2.42. The molecule has 2 heterocycles. The largest absolute Gasteiger partial charge is 0.497 e. The summed E-state index contributed by atoms with van der Waals surface area (Å²) in [5.41, 5.74) is 2.42. The summed E-state index contributed by atoms with van der Waals surface area (Å²) in [6.45, 7) is 2.94. The van der Waals surface area contributed by atoms with Gasteiger partial charge in [-0.1, -0.05) is 6.92 Å². The zero-order valence-electron chi connectivity index (χ0n) is 11.6. The molecule has 19 heavy (non-hydrogen) atoms. The van der Waals surface area contributed by atoms with Crippen LogP contribution in [0, 0.1) is 5.92 Å². The second kappa shape index (κ2) is 4.44. The SMILES string of the molecule is COc1cc2c(c(OC)c1)[C@@H]1[C@H](C)CC(=O)N1CC2. The van der Waals surface area contributed by atoms with Gasteiger partial charge in [0.15, 0.2) is 0 Å². The lowest BCUT2D eigenvalue weighted by molar-refractivity contribution is -0.129. The number of rotatable bonds is 2. The summed E-state index contributed by atoms with van der Waals surface area (Å²) in [6.07, 6.45) is 1.51. The van der Waals surface area contributed by atoms with Gasteiger partial charge in [-0.2, -0.15) is 0 Å². The lowest BCUT2D eigenvalue weighted by Crippen LogP contribution is -2.35. The Labute approximate surface area is 113 Å². The quantitative estimate of drug-likeness (QED) is 0.819. The van der Waals surface area contributed by atoms with Crippen LogP contribution in [0.3, 0.4) is 0 Å². The number of amides is 1. The Morgan fingerprint density at radius 1 is 1.26 bits per heavy atom. The fraction of sp³-hybridized carbons (Fsp3) is 0.533. The van der Waals surface area contributed by atoms with Gasteiger partial charge in [-0.15, -0.1) is 0 Å². The van der Waals surface area contributed by atoms with E-state index >= 15 is 0 Å². The maximum absolute atomic E-state index is 12.0. The van der Waals surface area contributed by atoms with Gasteiger partial charge < -0.3 is 14.4 Å². The first-order valence-corrected chi connectivity index (χ1v) is 6.70. The molecule has 102 valence electrons. The molecule has 4 nitrogen and oxygen atoms in total. The van der Waals surface area contributed by atoms with Gasteiger partial charge in [0, 0.05) is 24.6 Å². The van der Waals surface area contributed by atoms with Crippen molar-refractivity contribution >= 4 is 5.91 Å². The Bertz CT molecular complexity index is 509. The number of hydrogen-bond donors (Lipinski definition) is 0. The van der Waals surface area contributed by atoms with Gasteiger partial charge in [0.05, 0.1) is 20.3 Å². The van der Waals surface area contributed by atoms with Gasteiger partial charge in [-0.05, 0) is 24.0 Å². The number of carbonyl (C=O) groups excluding carboxylic acids is 1. The van der Waals surface area contributed by atoms with Gasteiger partial charge in [0.1, 0.15) is 11.5 Å². The predicted octanol–water partition coefficient (Wildman–Crippen LogP) is 2.17. The van der Waals surface area contributed by atoms with Crippen molar-refractivity contribution in [3.8, 4) is 11.5 Å². The van der Waals surface area contributed by atoms with E-state index in [2.05, 4.69) is 13.0 Å². The van der Waals surface area contributed by atoms with E-state index in [1.807, 2.05) is 11.0 Å². The number of fused-ring (bicyclic) bond motifs is 3. The number of ether oxygens (including phenoxy) is 2. The predicted molar refractivity (Wildman–Crippen MR) is 71.5 cm³/mol. The Hall–Kier alpha value is -1.71. The molecule has 0 bridgehead atoms. The first-order valence-electron chi connectivity index (χ1n) is 6.70. The van der Waals surface area contributed by atoms with E-state index in [9.17, 15) is 4.79 Å². The van der Waals surface area contributed by atoms with Crippen LogP contribution in [0.2, 0.25) is 0 Å². The molecular weight excluding hydrogens is 242 g/mol. The van der Waals surface area contributed by atoms with Crippen molar-refractivity contribution in [1.82, 2.24) is 4.90 Å². The molecule has 1 amide bonds. The molecule has 2 atom stereocenters. The highest BCUT2D eigenvalue weighted by atomic mass is 16.5. The van der Waals surface area contributed by atoms with Crippen LogP contribution in [0.4, 0.5) is 0 Å². The van der Waals surface area contributed by atoms with Gasteiger partial charge in [0.25, 0.3) is 0 Å². The molecule has 3 rings (SSSR count). The topological polar surface area (TPSA) is 38.8 Å². The maximum atomic E-state index is 12.0. The van der Waals surface area contributed by atoms with E-state index in [1.165, 1.54) is 11.1 Å². The minimum atomic E-state index is 0.164. The fourth-order valence-electron chi connectivity index (χ4n) is 3.40. The molecule has 1 aromatic rings. The zero-order valence-corrected chi connectivity index (χ0v) is 11.6. The molecule has 4 heteroatoms. The first kappa shape index (κ1) is 12.3. The Kier molecular flexibility index (Phi) is 2.88. The van der Waals surface area contributed by atoms with Gasteiger partial charge in [-0.3, -0.25) is 4.79 Å². The second-order valence-corrected chi connectivity index (χ2v) is 5.37. The van der Waals surface area contributed by atoms with Gasteiger partial charge in [-0.25, -0.2) is 0 Å². The Morgan fingerprint density at radius 3 is 2.74 bits per heavy atom. The van der Waals surface area contributed by atoms with Crippen molar-refractivity contribution in [3.05, 3.63) is 23.3 Å². The summed E-state index contributed by atoms with van der Waals surface area (Å²) >= 11 is 0. The second-order valence-electron chi connectivity index (χ2n) is 5.37. The molecule has 1 fully saturated rings. The van der Waals surface area contributed by atoms with Crippen LogP contribution in [-0.4, -0.2) is 31.6 Å². The number of benzene rings is 1. The van der Waals surface area contributed by atoms with Crippen LogP contribution >= 0.6 is 0 Å². The van der Waals surface area contributed by atoms with Crippen LogP contribution in [0.15, 0.2) is 12.1 Å². The number of carbonyl (C=O) groups is 1. The molecule has 0 radical (unpaired) electrons. The van der Waals surface area contributed by atoms with Crippen LogP contribution in [0.5, 0.6) is 11.5 Å². The van der Waals surface area contributed by atoms with Crippen molar-refractivity contribution in [3.63, 3.8) is 0 Å². The third kappa shape index (κ3) is 1.78. The molecule has 1 aromatic carbocycles. The highest BCUT2D eigenvalue weighted by molar-refractivity contribution is 5.80. The lowest BCUT2D eigenvalue weighted by Gasteiger charge is -2.35. The van der Waals surface area contributed by atoms with Crippen LogP contribution in [-0.2, 0) is 11.2 Å². The van der Waals surface area contributed by atoms with Crippen molar-refractivity contribution in [2.24, 2.45) is 5.92 Å². The molecule has 1 saturated heterocycles. The van der Waals surface area contributed by atoms with E-state index in [-0.39, 0.29) is 11.9 Å². The van der Waals surface area contributed by atoms with Crippen LogP contribution < -0.4 is 9.47 Å². The summed E-state index contributed by atoms with van der Waals surface area (Å²) < 4.78 is 10.9. The molecule has 0 spiro atoms. The monoisotopic (exact) mass is 261 g/mol.